The van der Waals surface area contributed by atoms with E-state index in [2.05, 4.69) is 0 Å². The van der Waals surface area contributed by atoms with Crippen molar-refractivity contribution in [3.63, 3.8) is 0 Å². The van der Waals surface area contributed by atoms with E-state index in [1.807, 2.05) is 38.2 Å². The minimum atomic E-state index is -0.264. The zero-order valence-corrected chi connectivity index (χ0v) is 11.7. The molecule has 4 heteroatoms. The average Bonchev–Trinajstić information content (AvgIpc) is 3.21. The van der Waals surface area contributed by atoms with Crippen molar-refractivity contribution in [2.24, 2.45) is 11.1 Å². The molecule has 1 aliphatic carbocycles. The number of carbonyl (C=O) groups is 1. The Bertz CT molecular complexity index is 438. The van der Waals surface area contributed by atoms with Crippen molar-refractivity contribution < 1.29 is 9.53 Å². The molecule has 2 N–H and O–H groups in total. The predicted molar refractivity (Wildman–Crippen MR) is 74.8 cm³/mol. The summed E-state index contributed by atoms with van der Waals surface area (Å²) in [5, 5.41) is 0. The van der Waals surface area contributed by atoms with Gasteiger partial charge in [0.2, 0.25) is 5.91 Å². The maximum atomic E-state index is 12.3. The van der Waals surface area contributed by atoms with Gasteiger partial charge in [0.1, 0.15) is 5.75 Å². The van der Waals surface area contributed by atoms with Crippen LogP contribution in [0, 0.1) is 5.41 Å². The highest BCUT2D eigenvalue weighted by molar-refractivity contribution is 5.85. The normalized spacial score (nSPS) is 15.9. The van der Waals surface area contributed by atoms with Crippen LogP contribution in [0.2, 0.25) is 0 Å². The quantitative estimate of drug-likeness (QED) is 0.850. The highest BCUT2D eigenvalue weighted by Gasteiger charge is 2.49. The van der Waals surface area contributed by atoms with E-state index in [9.17, 15) is 4.79 Å². The van der Waals surface area contributed by atoms with Crippen molar-refractivity contribution in [2.45, 2.75) is 26.3 Å². The average molecular weight is 262 g/mol. The van der Waals surface area contributed by atoms with Gasteiger partial charge in [0, 0.05) is 20.1 Å². The topological polar surface area (TPSA) is 55.6 Å². The van der Waals surface area contributed by atoms with Gasteiger partial charge in [-0.2, -0.15) is 0 Å². The molecule has 0 saturated heterocycles. The van der Waals surface area contributed by atoms with Crippen LogP contribution in [0.1, 0.15) is 25.3 Å². The van der Waals surface area contributed by atoms with Crippen molar-refractivity contribution in [3.8, 4) is 5.75 Å². The summed E-state index contributed by atoms with van der Waals surface area (Å²) in [6.45, 7) is 3.70. The molecule has 1 saturated carbocycles. The number of nitrogens with zero attached hydrogens (tertiary/aromatic N) is 1. The van der Waals surface area contributed by atoms with Crippen molar-refractivity contribution in [1.29, 1.82) is 0 Å². The number of benzene rings is 1. The number of nitrogens with two attached hydrogens (primary N) is 1. The van der Waals surface area contributed by atoms with Gasteiger partial charge in [-0.1, -0.05) is 12.1 Å². The molecular weight excluding hydrogens is 240 g/mol. The summed E-state index contributed by atoms with van der Waals surface area (Å²) in [4.78, 5) is 14.0. The molecule has 0 bridgehead atoms. The Labute approximate surface area is 114 Å². The molecule has 4 nitrogen and oxygen atoms in total. The van der Waals surface area contributed by atoms with E-state index in [0.29, 0.717) is 19.7 Å². The maximum Gasteiger partial charge on any atom is 0.230 e. The molecular formula is C15H22N2O2. The molecule has 0 radical (unpaired) electrons. The van der Waals surface area contributed by atoms with Crippen molar-refractivity contribution in [1.82, 2.24) is 4.90 Å². The van der Waals surface area contributed by atoms with Crippen LogP contribution in [0.5, 0.6) is 5.75 Å². The lowest BCUT2D eigenvalue weighted by Gasteiger charge is -2.22. The zero-order chi connectivity index (χ0) is 13.9. The van der Waals surface area contributed by atoms with Crippen LogP contribution < -0.4 is 10.5 Å². The SMILES string of the molecule is CCOc1ccc(CN(C)C(=O)C2(CN)CC2)cc1. The van der Waals surface area contributed by atoms with Gasteiger partial charge in [0.15, 0.2) is 0 Å². The Balaban J connectivity index is 1.95. The molecule has 19 heavy (non-hydrogen) atoms. The number of hydrogen-bond acceptors (Lipinski definition) is 3. The summed E-state index contributed by atoms with van der Waals surface area (Å²) in [5.74, 6) is 1.03. The van der Waals surface area contributed by atoms with Crippen LogP contribution in [0.25, 0.3) is 0 Å². The highest BCUT2D eigenvalue weighted by Crippen LogP contribution is 2.46. The molecule has 0 unspecified atom stereocenters. The summed E-state index contributed by atoms with van der Waals surface area (Å²) in [6, 6.07) is 7.87. The third-order valence-electron chi connectivity index (χ3n) is 3.70. The second-order valence-corrected chi connectivity index (χ2v) is 5.22. The molecule has 1 amide bonds. The number of ether oxygens (including phenoxy) is 1. The van der Waals surface area contributed by atoms with E-state index in [1.54, 1.807) is 4.90 Å². The molecule has 0 heterocycles. The van der Waals surface area contributed by atoms with Crippen molar-refractivity contribution in [3.05, 3.63) is 29.8 Å². The van der Waals surface area contributed by atoms with Crippen LogP contribution in [-0.4, -0.2) is 31.0 Å². The third-order valence-corrected chi connectivity index (χ3v) is 3.70. The lowest BCUT2D eigenvalue weighted by molar-refractivity contribution is -0.135. The molecule has 1 fully saturated rings. The number of rotatable bonds is 6. The first kappa shape index (κ1) is 13.9. The van der Waals surface area contributed by atoms with Gasteiger partial charge in [0.25, 0.3) is 0 Å². The maximum absolute atomic E-state index is 12.3. The Morgan fingerprint density at radius 2 is 2.00 bits per heavy atom. The van der Waals surface area contributed by atoms with Crippen LogP contribution >= 0.6 is 0 Å². The fourth-order valence-corrected chi connectivity index (χ4v) is 2.26. The van der Waals surface area contributed by atoms with E-state index in [1.165, 1.54) is 0 Å². The molecule has 1 aliphatic rings. The fraction of sp³-hybridized carbons (Fsp3) is 0.533. The van der Waals surface area contributed by atoms with E-state index >= 15 is 0 Å². The van der Waals surface area contributed by atoms with E-state index < -0.39 is 0 Å². The standard InChI is InChI=1S/C15H22N2O2/c1-3-19-13-6-4-12(5-7-13)10-17(2)14(18)15(11-16)8-9-15/h4-7H,3,8-11,16H2,1-2H3. The molecule has 0 spiro atoms. The molecule has 1 aromatic rings. The summed E-state index contributed by atoms with van der Waals surface area (Å²) in [5.41, 5.74) is 6.53. The lowest BCUT2D eigenvalue weighted by atomic mass is 10.1. The predicted octanol–water partition coefficient (Wildman–Crippen LogP) is 1.78. The molecule has 0 atom stereocenters. The summed E-state index contributed by atoms with van der Waals surface area (Å²) in [6.07, 6.45) is 1.85. The van der Waals surface area contributed by atoms with Crippen LogP contribution in [0.4, 0.5) is 0 Å². The van der Waals surface area contributed by atoms with E-state index in [0.717, 1.165) is 24.2 Å². The fourth-order valence-electron chi connectivity index (χ4n) is 2.26. The number of carbonyl (C=O) groups excluding carboxylic acids is 1. The van der Waals surface area contributed by atoms with E-state index in [4.69, 9.17) is 10.5 Å². The summed E-state index contributed by atoms with van der Waals surface area (Å²) >= 11 is 0. The van der Waals surface area contributed by atoms with Crippen LogP contribution in [0.3, 0.4) is 0 Å². The van der Waals surface area contributed by atoms with Gasteiger partial charge < -0.3 is 15.4 Å². The van der Waals surface area contributed by atoms with E-state index in [-0.39, 0.29) is 11.3 Å². The van der Waals surface area contributed by atoms with Crippen molar-refractivity contribution >= 4 is 5.91 Å². The number of amides is 1. The number of hydrogen-bond donors (Lipinski definition) is 1. The second kappa shape index (κ2) is 5.61. The first-order valence-corrected chi connectivity index (χ1v) is 6.78. The lowest BCUT2D eigenvalue weighted by Crippen LogP contribution is -2.37. The first-order valence-electron chi connectivity index (χ1n) is 6.78. The highest BCUT2D eigenvalue weighted by atomic mass is 16.5. The van der Waals surface area contributed by atoms with Gasteiger partial charge in [-0.05, 0) is 37.5 Å². The minimum absolute atomic E-state index is 0.170. The Morgan fingerprint density at radius 3 is 2.47 bits per heavy atom. The Hall–Kier alpha value is -1.55. The second-order valence-electron chi connectivity index (χ2n) is 5.22. The first-order chi connectivity index (χ1) is 9.11. The monoisotopic (exact) mass is 262 g/mol. The minimum Gasteiger partial charge on any atom is -0.494 e. The molecule has 0 aliphatic heterocycles. The molecule has 1 aromatic carbocycles. The largest absolute Gasteiger partial charge is 0.494 e. The summed E-state index contributed by atoms with van der Waals surface area (Å²) in [7, 11) is 1.84. The van der Waals surface area contributed by atoms with Gasteiger partial charge in [0.05, 0.1) is 12.0 Å². The zero-order valence-electron chi connectivity index (χ0n) is 11.7. The Morgan fingerprint density at radius 1 is 1.37 bits per heavy atom. The molecule has 104 valence electrons. The third kappa shape index (κ3) is 3.07. The van der Waals surface area contributed by atoms with Crippen molar-refractivity contribution in [2.75, 3.05) is 20.2 Å². The summed E-state index contributed by atoms with van der Waals surface area (Å²) < 4.78 is 5.40. The Kier molecular flexibility index (Phi) is 4.10. The van der Waals surface area contributed by atoms with Crippen LogP contribution in [0.15, 0.2) is 24.3 Å². The molecule has 0 aromatic heterocycles. The molecule has 2 rings (SSSR count). The van der Waals surface area contributed by atoms with Crippen LogP contribution in [-0.2, 0) is 11.3 Å². The smallest absolute Gasteiger partial charge is 0.230 e. The van der Waals surface area contributed by atoms with Gasteiger partial charge in [-0.15, -0.1) is 0 Å². The van der Waals surface area contributed by atoms with Gasteiger partial charge in [-0.3, -0.25) is 4.79 Å². The van der Waals surface area contributed by atoms with Gasteiger partial charge in [-0.25, -0.2) is 0 Å². The van der Waals surface area contributed by atoms with Gasteiger partial charge >= 0.3 is 0 Å².